The van der Waals surface area contributed by atoms with Crippen LogP contribution in [0.3, 0.4) is 0 Å². The zero-order valence-corrected chi connectivity index (χ0v) is 16.8. The number of carboxylic acid groups (broad SMARTS) is 1. The van der Waals surface area contributed by atoms with E-state index >= 15 is 0 Å². The average molecular weight is 418 g/mol. The van der Waals surface area contributed by atoms with E-state index < -0.39 is 18.0 Å². The number of alkyl carbamates (subject to hydrolysis) is 1. The highest BCUT2D eigenvalue weighted by Crippen LogP contribution is 2.44. The van der Waals surface area contributed by atoms with Crippen molar-refractivity contribution in [3.63, 3.8) is 0 Å². The van der Waals surface area contributed by atoms with Gasteiger partial charge in [-0.1, -0.05) is 54.5 Å². The lowest BCUT2D eigenvalue weighted by atomic mass is 9.98. The Morgan fingerprint density at radius 2 is 1.65 bits per heavy atom. The molecule has 31 heavy (non-hydrogen) atoms. The molecule has 3 N–H and O–H groups in total. The van der Waals surface area contributed by atoms with E-state index in [4.69, 9.17) is 9.84 Å². The van der Waals surface area contributed by atoms with Gasteiger partial charge in [-0.15, -0.1) is 0 Å². The number of benzene rings is 2. The summed E-state index contributed by atoms with van der Waals surface area (Å²) >= 11 is 0. The molecule has 0 spiro atoms. The third-order valence-electron chi connectivity index (χ3n) is 5.63. The van der Waals surface area contributed by atoms with Crippen LogP contribution in [0.1, 0.15) is 23.5 Å². The summed E-state index contributed by atoms with van der Waals surface area (Å²) < 4.78 is 5.39. The minimum Gasteiger partial charge on any atom is -0.481 e. The van der Waals surface area contributed by atoms with Crippen LogP contribution in [0.5, 0.6) is 0 Å². The van der Waals surface area contributed by atoms with Gasteiger partial charge in [0, 0.05) is 12.5 Å². The van der Waals surface area contributed by atoms with Gasteiger partial charge in [-0.05, 0) is 40.5 Å². The summed E-state index contributed by atoms with van der Waals surface area (Å²) in [6, 6.07) is 16.2. The minimum atomic E-state index is -0.836. The van der Waals surface area contributed by atoms with Crippen LogP contribution in [0, 0.1) is 23.7 Å². The molecule has 0 aromatic heterocycles. The van der Waals surface area contributed by atoms with Crippen LogP contribution in [0.4, 0.5) is 4.79 Å². The van der Waals surface area contributed by atoms with Gasteiger partial charge in [-0.2, -0.15) is 0 Å². The molecule has 0 aliphatic heterocycles. The second-order valence-electron chi connectivity index (χ2n) is 7.63. The highest BCUT2D eigenvalue weighted by Gasteiger charge is 2.42. The number of fused-ring (bicyclic) bond motifs is 3. The fourth-order valence-electron chi connectivity index (χ4n) is 3.93. The van der Waals surface area contributed by atoms with Crippen molar-refractivity contribution < 1.29 is 24.2 Å². The number of rotatable bonds is 6. The van der Waals surface area contributed by atoms with Crippen molar-refractivity contribution >= 4 is 18.0 Å². The molecular weight excluding hydrogens is 396 g/mol. The van der Waals surface area contributed by atoms with E-state index in [1.807, 2.05) is 36.4 Å². The monoisotopic (exact) mass is 418 g/mol. The van der Waals surface area contributed by atoms with Gasteiger partial charge in [0.2, 0.25) is 0 Å². The SMILES string of the molecule is O=C(C#CCNC(=O)OCC1c2ccccc2-c2ccccc21)NCC1CC1C(=O)O. The van der Waals surface area contributed by atoms with E-state index in [-0.39, 0.29) is 30.9 Å². The molecule has 1 fully saturated rings. The quantitative estimate of drug-likeness (QED) is 0.625. The predicted octanol–water partition coefficient (Wildman–Crippen LogP) is 2.37. The first-order valence-electron chi connectivity index (χ1n) is 10.1. The summed E-state index contributed by atoms with van der Waals surface area (Å²) in [6.07, 6.45) is -0.0225. The first kappa shape index (κ1) is 20.5. The van der Waals surface area contributed by atoms with Crippen LogP contribution in [-0.2, 0) is 14.3 Å². The number of carboxylic acids is 1. The lowest BCUT2D eigenvalue weighted by Gasteiger charge is -2.14. The number of carbonyl (C=O) groups is 3. The van der Waals surface area contributed by atoms with E-state index in [0.717, 1.165) is 22.3 Å². The van der Waals surface area contributed by atoms with Gasteiger partial charge in [-0.3, -0.25) is 9.59 Å². The fourth-order valence-corrected chi connectivity index (χ4v) is 3.93. The topological polar surface area (TPSA) is 105 Å². The molecule has 2 atom stereocenters. The summed E-state index contributed by atoms with van der Waals surface area (Å²) in [5.41, 5.74) is 4.58. The summed E-state index contributed by atoms with van der Waals surface area (Å²) in [5, 5.41) is 13.9. The van der Waals surface area contributed by atoms with Gasteiger partial charge >= 0.3 is 12.1 Å². The maximum Gasteiger partial charge on any atom is 0.407 e. The fraction of sp³-hybridized carbons (Fsp3) is 0.292. The smallest absolute Gasteiger partial charge is 0.407 e. The van der Waals surface area contributed by atoms with Gasteiger partial charge in [0.15, 0.2) is 0 Å². The number of hydrogen-bond acceptors (Lipinski definition) is 4. The zero-order valence-electron chi connectivity index (χ0n) is 16.8. The van der Waals surface area contributed by atoms with Crippen LogP contribution in [-0.4, -0.2) is 42.8 Å². The number of aliphatic carboxylic acids is 1. The summed E-state index contributed by atoms with van der Waals surface area (Å²) in [5.74, 6) is 3.18. The van der Waals surface area contributed by atoms with Crippen LogP contribution < -0.4 is 10.6 Å². The molecule has 2 aliphatic rings. The molecule has 0 bridgehead atoms. The van der Waals surface area contributed by atoms with E-state index in [9.17, 15) is 14.4 Å². The lowest BCUT2D eigenvalue weighted by Crippen LogP contribution is -2.27. The minimum absolute atomic E-state index is 0.0212. The maximum atomic E-state index is 12.0. The molecule has 1 saturated carbocycles. The molecule has 2 aromatic rings. The van der Waals surface area contributed by atoms with Crippen molar-refractivity contribution in [2.24, 2.45) is 11.8 Å². The normalized spacial score (nSPS) is 18.1. The van der Waals surface area contributed by atoms with Crippen molar-refractivity contribution in [1.82, 2.24) is 10.6 Å². The number of carbonyl (C=O) groups excluding carboxylic acids is 2. The molecule has 2 amide bonds. The molecular formula is C24H22N2O5. The van der Waals surface area contributed by atoms with E-state index in [2.05, 4.69) is 34.6 Å². The molecule has 2 aliphatic carbocycles. The van der Waals surface area contributed by atoms with Crippen LogP contribution >= 0.6 is 0 Å². The van der Waals surface area contributed by atoms with E-state index in [0.29, 0.717) is 13.0 Å². The predicted molar refractivity (Wildman–Crippen MR) is 113 cm³/mol. The van der Waals surface area contributed by atoms with Crippen LogP contribution in [0.25, 0.3) is 11.1 Å². The Morgan fingerprint density at radius 1 is 1.00 bits per heavy atom. The Kier molecular flexibility index (Phi) is 5.89. The second kappa shape index (κ2) is 8.92. The largest absolute Gasteiger partial charge is 0.481 e. The Labute approximate surface area is 179 Å². The van der Waals surface area contributed by atoms with Crippen molar-refractivity contribution in [2.75, 3.05) is 19.7 Å². The molecule has 158 valence electrons. The Bertz CT molecular complexity index is 1040. The number of hydrogen-bond donors (Lipinski definition) is 3. The van der Waals surface area contributed by atoms with Crippen LogP contribution in [0.2, 0.25) is 0 Å². The van der Waals surface area contributed by atoms with Crippen molar-refractivity contribution in [3.05, 3.63) is 59.7 Å². The third-order valence-corrected chi connectivity index (χ3v) is 5.63. The van der Waals surface area contributed by atoms with Gasteiger partial charge < -0.3 is 20.5 Å². The third kappa shape index (κ3) is 4.69. The number of ether oxygens (including phenoxy) is 1. The highest BCUT2D eigenvalue weighted by atomic mass is 16.5. The summed E-state index contributed by atoms with van der Waals surface area (Å²) in [6.45, 7) is 0.482. The Hall–Kier alpha value is -3.79. The van der Waals surface area contributed by atoms with E-state index in [1.54, 1.807) is 0 Å². The highest BCUT2D eigenvalue weighted by molar-refractivity contribution is 5.93. The molecule has 4 rings (SSSR count). The standard InChI is InChI=1S/C24H22N2O5/c27-22(26-13-15-12-20(15)23(28)29)10-5-11-25-24(30)31-14-21-18-8-3-1-6-16(18)17-7-2-4-9-19(17)21/h1-4,6-9,15,20-21H,11-14H2,(H,25,30)(H,26,27)(H,28,29). The van der Waals surface area contributed by atoms with Gasteiger partial charge in [0.25, 0.3) is 5.91 Å². The van der Waals surface area contributed by atoms with Crippen molar-refractivity contribution in [3.8, 4) is 23.0 Å². The summed E-state index contributed by atoms with van der Waals surface area (Å²) in [4.78, 5) is 34.4. The van der Waals surface area contributed by atoms with Gasteiger partial charge in [0.05, 0.1) is 12.5 Å². The summed E-state index contributed by atoms with van der Waals surface area (Å²) in [7, 11) is 0. The van der Waals surface area contributed by atoms with Crippen molar-refractivity contribution in [2.45, 2.75) is 12.3 Å². The second-order valence-corrected chi connectivity index (χ2v) is 7.63. The molecule has 7 nitrogen and oxygen atoms in total. The molecule has 0 heterocycles. The van der Waals surface area contributed by atoms with Gasteiger partial charge in [-0.25, -0.2) is 4.79 Å². The van der Waals surface area contributed by atoms with Crippen molar-refractivity contribution in [1.29, 1.82) is 0 Å². The van der Waals surface area contributed by atoms with Crippen LogP contribution in [0.15, 0.2) is 48.5 Å². The van der Waals surface area contributed by atoms with E-state index in [1.165, 1.54) is 0 Å². The molecule has 2 unspecified atom stereocenters. The molecule has 0 radical (unpaired) electrons. The molecule has 2 aromatic carbocycles. The van der Waals surface area contributed by atoms with Gasteiger partial charge in [0.1, 0.15) is 6.61 Å². The Morgan fingerprint density at radius 3 is 2.26 bits per heavy atom. The Balaban J connectivity index is 1.22. The first-order chi connectivity index (χ1) is 15.0. The molecule has 7 heteroatoms. The zero-order chi connectivity index (χ0) is 21.8. The number of nitrogens with one attached hydrogen (secondary N) is 2. The lowest BCUT2D eigenvalue weighted by molar-refractivity contribution is -0.139. The average Bonchev–Trinajstić information content (AvgIpc) is 3.50. The maximum absolute atomic E-state index is 12.0. The first-order valence-corrected chi connectivity index (χ1v) is 10.1. The number of amides is 2. The molecule has 0 saturated heterocycles.